The van der Waals surface area contributed by atoms with Crippen LogP contribution in [0.15, 0.2) is 29.0 Å². The van der Waals surface area contributed by atoms with Gasteiger partial charge in [0.05, 0.1) is 5.92 Å². The van der Waals surface area contributed by atoms with Gasteiger partial charge >= 0.3 is 0 Å². The number of pyridine rings is 1. The monoisotopic (exact) mass is 341 g/mol. The number of carbonyl (C=O) groups is 3. The molecule has 2 aliphatic heterocycles. The van der Waals surface area contributed by atoms with Crippen molar-refractivity contribution in [2.75, 3.05) is 19.6 Å². The van der Waals surface area contributed by atoms with Gasteiger partial charge < -0.3 is 9.42 Å². The lowest BCUT2D eigenvalue weighted by Crippen LogP contribution is -2.52. The van der Waals surface area contributed by atoms with Crippen LogP contribution >= 0.6 is 0 Å². The summed E-state index contributed by atoms with van der Waals surface area (Å²) in [4.78, 5) is 46.2. The van der Waals surface area contributed by atoms with Crippen LogP contribution in [-0.2, 0) is 14.4 Å². The van der Waals surface area contributed by atoms with Crippen LogP contribution in [0.5, 0.6) is 0 Å². The Kier molecular flexibility index (Phi) is 3.75. The zero-order chi connectivity index (χ0) is 17.4. The van der Waals surface area contributed by atoms with Crippen LogP contribution < -0.4 is 0 Å². The van der Waals surface area contributed by atoms with E-state index in [1.807, 2.05) is 0 Å². The maximum atomic E-state index is 12.2. The summed E-state index contributed by atoms with van der Waals surface area (Å²) in [6.07, 6.45) is 3.68. The molecule has 0 saturated carbocycles. The summed E-state index contributed by atoms with van der Waals surface area (Å²) < 4.78 is 5.28. The molecule has 0 unspecified atom stereocenters. The smallest absolute Gasteiger partial charge is 0.242 e. The molecule has 2 aromatic heterocycles. The molecule has 3 amide bonds. The van der Waals surface area contributed by atoms with Crippen molar-refractivity contribution in [3.63, 3.8) is 0 Å². The van der Waals surface area contributed by atoms with Crippen LogP contribution in [0, 0.1) is 0 Å². The molecule has 9 heteroatoms. The van der Waals surface area contributed by atoms with E-state index in [0.29, 0.717) is 24.8 Å². The molecule has 4 heterocycles. The molecule has 2 aliphatic rings. The number of imide groups is 1. The lowest BCUT2D eigenvalue weighted by molar-refractivity contribution is -0.147. The number of hydrogen-bond acceptors (Lipinski definition) is 7. The molecular weight excluding hydrogens is 326 g/mol. The van der Waals surface area contributed by atoms with E-state index < -0.39 is 0 Å². The Morgan fingerprint density at radius 2 is 1.84 bits per heavy atom. The Balaban J connectivity index is 1.34. The Morgan fingerprint density at radius 1 is 1.16 bits per heavy atom. The van der Waals surface area contributed by atoms with E-state index in [1.54, 1.807) is 29.4 Å². The van der Waals surface area contributed by atoms with Gasteiger partial charge in [-0.1, -0.05) is 5.16 Å². The first-order chi connectivity index (χ1) is 12.1. The highest BCUT2D eigenvalue weighted by Crippen LogP contribution is 2.28. The van der Waals surface area contributed by atoms with Crippen LogP contribution in [0.2, 0.25) is 0 Å². The fraction of sp³-hybridized carbons (Fsp3) is 0.375. The van der Waals surface area contributed by atoms with Crippen LogP contribution in [0.3, 0.4) is 0 Å². The first-order valence-electron chi connectivity index (χ1n) is 7.97. The third-order valence-corrected chi connectivity index (χ3v) is 4.41. The van der Waals surface area contributed by atoms with Gasteiger partial charge in [-0.25, -0.2) is 0 Å². The van der Waals surface area contributed by atoms with Crippen molar-refractivity contribution < 1.29 is 18.9 Å². The summed E-state index contributed by atoms with van der Waals surface area (Å²) in [6, 6.07) is 3.57. The van der Waals surface area contributed by atoms with Gasteiger partial charge in [0, 0.05) is 43.9 Å². The maximum absolute atomic E-state index is 12.2. The van der Waals surface area contributed by atoms with Gasteiger partial charge in [0.25, 0.3) is 0 Å². The van der Waals surface area contributed by atoms with Crippen molar-refractivity contribution in [1.82, 2.24) is 24.9 Å². The number of aromatic nitrogens is 3. The molecule has 128 valence electrons. The van der Waals surface area contributed by atoms with Gasteiger partial charge in [0.1, 0.15) is 6.54 Å². The van der Waals surface area contributed by atoms with Crippen molar-refractivity contribution in [3.8, 4) is 11.4 Å². The highest BCUT2D eigenvalue weighted by Gasteiger charge is 2.38. The third-order valence-electron chi connectivity index (χ3n) is 4.41. The third kappa shape index (κ3) is 2.88. The first kappa shape index (κ1) is 15.4. The molecule has 25 heavy (non-hydrogen) atoms. The summed E-state index contributed by atoms with van der Waals surface area (Å²) in [5, 5.41) is 3.95. The topological polar surface area (TPSA) is 110 Å². The highest BCUT2D eigenvalue weighted by atomic mass is 16.5. The zero-order valence-electron chi connectivity index (χ0n) is 13.3. The second-order valence-corrected chi connectivity index (χ2v) is 6.06. The summed E-state index contributed by atoms with van der Waals surface area (Å²) >= 11 is 0. The molecule has 2 fully saturated rings. The number of hydrogen-bond donors (Lipinski definition) is 0. The largest absolute Gasteiger partial charge is 0.339 e. The first-order valence-corrected chi connectivity index (χ1v) is 7.97. The Morgan fingerprint density at radius 3 is 2.52 bits per heavy atom. The molecule has 2 aromatic rings. The zero-order valence-corrected chi connectivity index (χ0v) is 13.3. The van der Waals surface area contributed by atoms with Crippen molar-refractivity contribution >= 4 is 17.7 Å². The summed E-state index contributed by atoms with van der Waals surface area (Å²) in [5.41, 5.74) is 0.809. The minimum absolute atomic E-state index is 0.0305. The van der Waals surface area contributed by atoms with E-state index >= 15 is 0 Å². The molecule has 0 atom stereocenters. The Hall–Kier alpha value is -3.10. The van der Waals surface area contributed by atoms with E-state index in [1.165, 1.54) is 0 Å². The molecule has 9 nitrogen and oxygen atoms in total. The lowest BCUT2D eigenvalue weighted by atomic mass is 10.00. The predicted molar refractivity (Wildman–Crippen MR) is 82.8 cm³/mol. The molecule has 0 N–H and O–H groups in total. The van der Waals surface area contributed by atoms with Crippen LogP contribution in [0.25, 0.3) is 11.4 Å². The van der Waals surface area contributed by atoms with E-state index in [2.05, 4.69) is 15.1 Å². The molecule has 2 saturated heterocycles. The number of likely N-dealkylation sites (tertiary alicyclic amines) is 2. The Labute approximate surface area is 142 Å². The van der Waals surface area contributed by atoms with E-state index in [-0.39, 0.29) is 43.0 Å². The molecule has 0 aliphatic carbocycles. The quantitative estimate of drug-likeness (QED) is 0.731. The molecule has 0 bridgehead atoms. The fourth-order valence-corrected chi connectivity index (χ4v) is 2.89. The summed E-state index contributed by atoms with van der Waals surface area (Å²) in [6.45, 7) is 0.691. The van der Waals surface area contributed by atoms with E-state index in [0.717, 1.165) is 10.5 Å². The van der Waals surface area contributed by atoms with Crippen LogP contribution in [0.1, 0.15) is 24.7 Å². The molecule has 0 aromatic carbocycles. The number of rotatable bonds is 4. The van der Waals surface area contributed by atoms with Gasteiger partial charge in [-0.15, -0.1) is 0 Å². The number of nitrogens with zero attached hydrogens (tertiary/aromatic N) is 5. The molecular formula is C16H15N5O4. The second-order valence-electron chi connectivity index (χ2n) is 6.06. The van der Waals surface area contributed by atoms with Crippen LogP contribution in [0.4, 0.5) is 0 Å². The average molecular weight is 341 g/mol. The van der Waals surface area contributed by atoms with Crippen molar-refractivity contribution in [2.45, 2.75) is 18.8 Å². The van der Waals surface area contributed by atoms with Crippen molar-refractivity contribution in [1.29, 1.82) is 0 Å². The summed E-state index contributed by atoms with van der Waals surface area (Å²) in [7, 11) is 0. The van der Waals surface area contributed by atoms with Gasteiger partial charge in [0.15, 0.2) is 0 Å². The maximum Gasteiger partial charge on any atom is 0.242 e. The number of carbonyl (C=O) groups excluding carboxylic acids is 3. The number of amides is 3. The molecule has 0 spiro atoms. The Bertz CT molecular complexity index is 812. The van der Waals surface area contributed by atoms with Gasteiger partial charge in [0.2, 0.25) is 29.4 Å². The van der Waals surface area contributed by atoms with E-state index in [9.17, 15) is 14.4 Å². The van der Waals surface area contributed by atoms with Gasteiger partial charge in [-0.3, -0.25) is 24.3 Å². The highest BCUT2D eigenvalue weighted by molar-refractivity contribution is 6.04. The normalized spacial score (nSPS) is 17.9. The van der Waals surface area contributed by atoms with Gasteiger partial charge in [-0.2, -0.15) is 4.98 Å². The minimum Gasteiger partial charge on any atom is -0.339 e. The minimum atomic E-state index is -0.283. The van der Waals surface area contributed by atoms with Crippen molar-refractivity contribution in [3.05, 3.63) is 30.4 Å². The molecule has 4 rings (SSSR count). The van der Waals surface area contributed by atoms with Crippen LogP contribution in [-0.4, -0.2) is 62.3 Å². The summed E-state index contributed by atoms with van der Waals surface area (Å²) in [5.74, 6) is 0.119. The molecule has 0 radical (unpaired) electrons. The fourth-order valence-electron chi connectivity index (χ4n) is 2.89. The van der Waals surface area contributed by atoms with Crippen molar-refractivity contribution in [2.24, 2.45) is 0 Å². The SMILES string of the molecule is O=C(CN1C(=O)CCC1=O)N1CC(c2nc(-c3ccncc3)no2)C1. The standard InChI is InChI=1S/C16H15N5O4/c22-12-1-2-13(23)21(12)9-14(24)20-7-11(8-20)16-18-15(19-25-16)10-3-5-17-6-4-10/h3-6,11H,1-2,7-9H2. The van der Waals surface area contributed by atoms with E-state index in [4.69, 9.17) is 4.52 Å². The lowest BCUT2D eigenvalue weighted by Gasteiger charge is -2.37. The van der Waals surface area contributed by atoms with Gasteiger partial charge in [-0.05, 0) is 12.1 Å². The second kappa shape index (κ2) is 6.08. The predicted octanol–water partition coefficient (Wildman–Crippen LogP) is 0.206. The average Bonchev–Trinajstić information content (AvgIpc) is 3.17.